The van der Waals surface area contributed by atoms with Gasteiger partial charge in [-0.15, -0.1) is 11.3 Å². The molecule has 27 heavy (non-hydrogen) atoms. The van der Waals surface area contributed by atoms with Crippen LogP contribution in [0.1, 0.15) is 17.5 Å². The number of carbonyl (C=O) groups excluding carboxylic acids is 1. The fourth-order valence-corrected chi connectivity index (χ4v) is 5.73. The number of thioether (sulfide) groups is 1. The Morgan fingerprint density at radius 1 is 1.15 bits per heavy atom. The third-order valence-corrected chi connectivity index (χ3v) is 7.06. The van der Waals surface area contributed by atoms with Crippen molar-refractivity contribution < 1.29 is 4.79 Å². The molecule has 0 fully saturated rings. The summed E-state index contributed by atoms with van der Waals surface area (Å²) in [4.78, 5) is 26.2. The van der Waals surface area contributed by atoms with Crippen LogP contribution in [-0.4, -0.2) is 26.6 Å². The van der Waals surface area contributed by atoms with Gasteiger partial charge in [0.2, 0.25) is 5.91 Å². The van der Waals surface area contributed by atoms with Crippen LogP contribution in [0.5, 0.6) is 0 Å². The van der Waals surface area contributed by atoms with Gasteiger partial charge in [0.1, 0.15) is 16.2 Å². The van der Waals surface area contributed by atoms with Gasteiger partial charge in [0.05, 0.1) is 21.7 Å². The van der Waals surface area contributed by atoms with E-state index < -0.39 is 0 Å². The van der Waals surface area contributed by atoms with Crippen LogP contribution in [0.25, 0.3) is 31.7 Å². The van der Waals surface area contributed by atoms with E-state index in [-0.39, 0.29) is 11.7 Å². The molecular formula is C20H16N4OS2. The van der Waals surface area contributed by atoms with Gasteiger partial charge in [-0.2, -0.15) is 0 Å². The maximum Gasteiger partial charge on any atom is 0.227 e. The topological polar surface area (TPSA) is 81.8 Å². The number of hydrogen-bond donors (Lipinski definition) is 1. The van der Waals surface area contributed by atoms with Crippen molar-refractivity contribution in [1.29, 1.82) is 0 Å². The zero-order valence-electron chi connectivity index (χ0n) is 14.4. The highest BCUT2D eigenvalue weighted by molar-refractivity contribution is 8.00. The van der Waals surface area contributed by atoms with Gasteiger partial charge < -0.3 is 5.73 Å². The average Bonchev–Trinajstić information content (AvgIpc) is 3.30. The molecule has 0 bridgehead atoms. The van der Waals surface area contributed by atoms with Gasteiger partial charge in [0.25, 0.3) is 0 Å². The highest BCUT2D eigenvalue weighted by atomic mass is 32.2. The van der Waals surface area contributed by atoms with E-state index in [9.17, 15) is 4.79 Å². The molecule has 1 aliphatic carbocycles. The number of amides is 1. The SMILES string of the molecule is NC(=O)CSc1ncnc2c1sc1nc(-c3ccccc3)c3c(c12)CCC3. The third-order valence-electron chi connectivity index (χ3n) is 4.84. The Bertz CT molecular complexity index is 1190. The van der Waals surface area contributed by atoms with Crippen LogP contribution >= 0.6 is 23.1 Å². The zero-order valence-corrected chi connectivity index (χ0v) is 16.1. The minimum atomic E-state index is -0.349. The van der Waals surface area contributed by atoms with Crippen LogP contribution < -0.4 is 5.73 Å². The van der Waals surface area contributed by atoms with Crippen LogP contribution in [-0.2, 0) is 17.6 Å². The molecule has 0 spiro atoms. The van der Waals surface area contributed by atoms with E-state index in [4.69, 9.17) is 10.7 Å². The largest absolute Gasteiger partial charge is 0.369 e. The molecule has 0 saturated carbocycles. The van der Waals surface area contributed by atoms with E-state index >= 15 is 0 Å². The lowest BCUT2D eigenvalue weighted by atomic mass is 10.0. The third kappa shape index (κ3) is 2.78. The Labute approximate surface area is 164 Å². The molecule has 0 aliphatic heterocycles. The molecule has 1 aromatic carbocycles. The standard InChI is InChI=1S/C20H16N4OS2/c21-14(25)9-26-20-18-17(22-10-23-20)15-12-7-4-8-13(12)16(24-19(15)27-18)11-5-2-1-3-6-11/h1-3,5-6,10H,4,7-9H2,(H2,21,25). The summed E-state index contributed by atoms with van der Waals surface area (Å²) < 4.78 is 0.991. The van der Waals surface area contributed by atoms with E-state index in [1.165, 1.54) is 22.9 Å². The highest BCUT2D eigenvalue weighted by Gasteiger charge is 2.24. The molecular weight excluding hydrogens is 376 g/mol. The number of hydrogen-bond acceptors (Lipinski definition) is 6. The van der Waals surface area contributed by atoms with Crippen molar-refractivity contribution in [2.24, 2.45) is 5.73 Å². The lowest BCUT2D eigenvalue weighted by Crippen LogP contribution is -2.13. The van der Waals surface area contributed by atoms with Gasteiger partial charge in [-0.25, -0.2) is 15.0 Å². The van der Waals surface area contributed by atoms with E-state index in [0.29, 0.717) is 0 Å². The Morgan fingerprint density at radius 3 is 2.78 bits per heavy atom. The quantitative estimate of drug-likeness (QED) is 0.420. The Balaban J connectivity index is 1.77. The summed E-state index contributed by atoms with van der Waals surface area (Å²) in [6.07, 6.45) is 4.81. The van der Waals surface area contributed by atoms with Crippen LogP contribution in [0.15, 0.2) is 41.7 Å². The maximum absolute atomic E-state index is 11.2. The minimum absolute atomic E-state index is 0.209. The van der Waals surface area contributed by atoms with E-state index in [1.54, 1.807) is 17.7 Å². The number of aryl methyl sites for hydroxylation is 1. The monoisotopic (exact) mass is 392 g/mol. The van der Waals surface area contributed by atoms with Crippen molar-refractivity contribution >= 4 is 49.4 Å². The summed E-state index contributed by atoms with van der Waals surface area (Å²) in [5.41, 5.74) is 11.2. The summed E-state index contributed by atoms with van der Waals surface area (Å²) in [6, 6.07) is 10.4. The summed E-state index contributed by atoms with van der Waals surface area (Å²) in [6.45, 7) is 0. The van der Waals surface area contributed by atoms with Gasteiger partial charge in [-0.1, -0.05) is 42.1 Å². The second-order valence-corrected chi connectivity index (χ2v) is 8.49. The predicted octanol–water partition coefficient (Wildman–Crippen LogP) is 3.97. The summed E-state index contributed by atoms with van der Waals surface area (Å²) in [7, 11) is 0. The second-order valence-electron chi connectivity index (χ2n) is 6.53. The molecule has 0 atom stereocenters. The molecule has 4 aromatic rings. The first-order chi connectivity index (χ1) is 13.2. The summed E-state index contributed by atoms with van der Waals surface area (Å²) in [5, 5.41) is 1.96. The van der Waals surface area contributed by atoms with Crippen molar-refractivity contribution in [3.8, 4) is 11.3 Å². The molecule has 1 aliphatic rings. The number of primary amides is 1. The molecule has 3 aromatic heterocycles. The molecule has 134 valence electrons. The Morgan fingerprint density at radius 2 is 1.96 bits per heavy atom. The zero-order chi connectivity index (χ0) is 18.4. The molecule has 0 unspecified atom stereocenters. The number of thiophene rings is 1. The first-order valence-electron chi connectivity index (χ1n) is 8.78. The highest BCUT2D eigenvalue weighted by Crippen LogP contribution is 2.43. The Kier molecular flexibility index (Phi) is 4.06. The number of rotatable bonds is 4. The molecule has 7 heteroatoms. The van der Waals surface area contributed by atoms with Crippen molar-refractivity contribution in [1.82, 2.24) is 15.0 Å². The lowest BCUT2D eigenvalue weighted by molar-refractivity contribution is -0.115. The summed E-state index contributed by atoms with van der Waals surface area (Å²) in [5.74, 6) is -0.139. The fourth-order valence-electron chi connectivity index (χ4n) is 3.75. The average molecular weight is 393 g/mol. The molecule has 5 nitrogen and oxygen atoms in total. The van der Waals surface area contributed by atoms with Gasteiger partial charge in [-0.3, -0.25) is 4.79 Å². The van der Waals surface area contributed by atoms with Crippen molar-refractivity contribution in [3.05, 3.63) is 47.8 Å². The van der Waals surface area contributed by atoms with E-state index in [2.05, 4.69) is 34.2 Å². The van der Waals surface area contributed by atoms with Crippen LogP contribution in [0.4, 0.5) is 0 Å². The number of carbonyl (C=O) groups is 1. The van der Waals surface area contributed by atoms with Gasteiger partial charge in [0, 0.05) is 10.9 Å². The summed E-state index contributed by atoms with van der Waals surface area (Å²) >= 11 is 2.97. The molecule has 3 heterocycles. The number of nitrogens with zero attached hydrogens (tertiary/aromatic N) is 3. The van der Waals surface area contributed by atoms with Crippen LogP contribution in [0.2, 0.25) is 0 Å². The molecule has 0 saturated heterocycles. The second kappa shape index (κ2) is 6.58. The number of fused-ring (bicyclic) bond motifs is 5. The van der Waals surface area contributed by atoms with Crippen molar-refractivity contribution in [3.63, 3.8) is 0 Å². The maximum atomic E-state index is 11.2. The van der Waals surface area contributed by atoms with E-state index in [1.807, 2.05) is 6.07 Å². The van der Waals surface area contributed by atoms with Crippen LogP contribution in [0, 0.1) is 0 Å². The van der Waals surface area contributed by atoms with Crippen molar-refractivity contribution in [2.75, 3.05) is 5.75 Å². The van der Waals surface area contributed by atoms with Gasteiger partial charge in [-0.05, 0) is 30.4 Å². The minimum Gasteiger partial charge on any atom is -0.369 e. The first kappa shape index (κ1) is 16.6. The number of benzene rings is 1. The lowest BCUT2D eigenvalue weighted by Gasteiger charge is -2.09. The number of pyridine rings is 1. The van der Waals surface area contributed by atoms with Crippen LogP contribution in [0.3, 0.4) is 0 Å². The predicted molar refractivity (Wildman–Crippen MR) is 110 cm³/mol. The molecule has 2 N–H and O–H groups in total. The normalized spacial score (nSPS) is 13.3. The fraction of sp³-hybridized carbons (Fsp3) is 0.200. The number of aromatic nitrogens is 3. The van der Waals surface area contributed by atoms with Gasteiger partial charge >= 0.3 is 0 Å². The molecule has 1 amide bonds. The van der Waals surface area contributed by atoms with E-state index in [0.717, 1.165) is 56.0 Å². The first-order valence-corrected chi connectivity index (χ1v) is 10.6. The Hall–Kier alpha value is -2.51. The smallest absolute Gasteiger partial charge is 0.227 e. The molecule has 5 rings (SSSR count). The number of nitrogens with two attached hydrogens (primary N) is 1. The molecule has 0 radical (unpaired) electrons. The van der Waals surface area contributed by atoms with Crippen molar-refractivity contribution in [2.45, 2.75) is 24.3 Å². The van der Waals surface area contributed by atoms with Gasteiger partial charge in [0.15, 0.2) is 0 Å².